The highest BCUT2D eigenvalue weighted by molar-refractivity contribution is 6.36. The lowest BCUT2D eigenvalue weighted by Crippen LogP contribution is -2.56. The van der Waals surface area contributed by atoms with Gasteiger partial charge in [0.2, 0.25) is 23.1 Å². The average Bonchev–Trinajstić information content (AvgIpc) is 3.08. The van der Waals surface area contributed by atoms with Gasteiger partial charge in [-0.3, -0.25) is 14.4 Å². The summed E-state index contributed by atoms with van der Waals surface area (Å²) in [5, 5.41) is 3.57. The van der Waals surface area contributed by atoms with Crippen molar-refractivity contribution in [2.75, 3.05) is 27.3 Å². The maximum atomic E-state index is 13.5. The Morgan fingerprint density at radius 3 is 2.44 bits per heavy atom. The number of amides is 1. The van der Waals surface area contributed by atoms with Gasteiger partial charge in [0.25, 0.3) is 0 Å². The van der Waals surface area contributed by atoms with Gasteiger partial charge in [0.05, 0.1) is 14.2 Å². The quantitative estimate of drug-likeness (QED) is 0.687. The van der Waals surface area contributed by atoms with Gasteiger partial charge in [-0.05, 0) is 19.3 Å². The van der Waals surface area contributed by atoms with Crippen LogP contribution in [0.4, 0.5) is 0 Å². The molecule has 1 amide bonds. The number of piperidine rings is 1. The minimum absolute atomic E-state index is 0.0771. The van der Waals surface area contributed by atoms with E-state index in [-0.39, 0.29) is 34.0 Å². The topological polar surface area (TPSA) is 94.2 Å². The fraction of sp³-hybridized carbons (Fsp3) is 0.522. The molecule has 8 nitrogen and oxygen atoms in total. The highest BCUT2D eigenvalue weighted by Crippen LogP contribution is 2.52. The van der Waals surface area contributed by atoms with Crippen LogP contribution in [0.1, 0.15) is 43.5 Å². The number of Topliss-reactive ketones (excluding diaryl/α,β-unsaturated/α-hetero) is 1. The van der Waals surface area contributed by atoms with Crippen molar-refractivity contribution in [1.29, 1.82) is 0 Å². The minimum Gasteiger partial charge on any atom is -0.496 e. The third kappa shape index (κ3) is 3.41. The Morgan fingerprint density at radius 2 is 1.88 bits per heavy atom. The minimum atomic E-state index is -1.67. The molecule has 0 saturated carbocycles. The SMILES string of the molecule is COc1cc(OC)c2c(c1Cl)OC1(C(=O)C=C(NC3CCN(C(C)=O)CC3)CC1C)C2=O. The van der Waals surface area contributed by atoms with Crippen LogP contribution >= 0.6 is 11.6 Å². The van der Waals surface area contributed by atoms with E-state index in [0.29, 0.717) is 25.3 Å². The number of nitrogens with one attached hydrogen (secondary N) is 1. The van der Waals surface area contributed by atoms with Gasteiger partial charge >= 0.3 is 0 Å². The van der Waals surface area contributed by atoms with Crippen LogP contribution in [-0.2, 0) is 9.59 Å². The van der Waals surface area contributed by atoms with Gasteiger partial charge < -0.3 is 24.4 Å². The van der Waals surface area contributed by atoms with Crippen molar-refractivity contribution in [3.8, 4) is 17.2 Å². The molecule has 2 atom stereocenters. The summed E-state index contributed by atoms with van der Waals surface area (Å²) in [6.45, 7) is 4.77. The van der Waals surface area contributed by atoms with Gasteiger partial charge in [-0.15, -0.1) is 0 Å². The van der Waals surface area contributed by atoms with E-state index in [9.17, 15) is 14.4 Å². The Balaban J connectivity index is 1.59. The highest BCUT2D eigenvalue weighted by atomic mass is 35.5. The molecule has 2 unspecified atom stereocenters. The van der Waals surface area contributed by atoms with Crippen LogP contribution in [-0.4, -0.2) is 61.3 Å². The molecule has 9 heteroatoms. The summed E-state index contributed by atoms with van der Waals surface area (Å²) in [6.07, 6.45) is 3.55. The first kappa shape index (κ1) is 22.5. The van der Waals surface area contributed by atoms with Gasteiger partial charge in [-0.1, -0.05) is 18.5 Å². The van der Waals surface area contributed by atoms with E-state index in [1.54, 1.807) is 6.92 Å². The van der Waals surface area contributed by atoms with Crippen LogP contribution < -0.4 is 19.5 Å². The molecule has 1 aromatic rings. The molecule has 1 aliphatic carbocycles. The number of rotatable bonds is 4. The molecule has 4 rings (SSSR count). The van der Waals surface area contributed by atoms with E-state index in [0.717, 1.165) is 18.5 Å². The first-order valence-corrected chi connectivity index (χ1v) is 11.1. The summed E-state index contributed by atoms with van der Waals surface area (Å²) >= 11 is 6.41. The van der Waals surface area contributed by atoms with E-state index in [2.05, 4.69) is 5.32 Å². The molecular weight excluding hydrogens is 436 g/mol. The van der Waals surface area contributed by atoms with Gasteiger partial charge in [-0.25, -0.2) is 0 Å². The molecule has 1 aromatic carbocycles. The number of hydrogen-bond donors (Lipinski definition) is 1. The number of carbonyl (C=O) groups is 3. The number of benzene rings is 1. The number of carbonyl (C=O) groups excluding carboxylic acids is 3. The standard InChI is InChI=1S/C23H27ClN2O6/c1-12-9-15(25-14-5-7-26(8-6-14)13(2)27)10-18(28)23(12)22(29)19-16(30-3)11-17(31-4)20(24)21(19)32-23/h10-12,14,25H,5-9H2,1-4H3. The van der Waals surface area contributed by atoms with E-state index < -0.39 is 23.1 Å². The molecule has 1 spiro atoms. The molecule has 3 aliphatic rings. The number of halogens is 1. The monoisotopic (exact) mass is 462 g/mol. The van der Waals surface area contributed by atoms with Gasteiger partial charge in [0.15, 0.2) is 5.75 Å². The lowest BCUT2D eigenvalue weighted by atomic mass is 9.74. The Morgan fingerprint density at radius 1 is 1.22 bits per heavy atom. The molecule has 2 heterocycles. The fourth-order valence-electron chi connectivity index (χ4n) is 4.83. The largest absolute Gasteiger partial charge is 0.496 e. The summed E-state index contributed by atoms with van der Waals surface area (Å²) in [7, 11) is 2.89. The van der Waals surface area contributed by atoms with Crippen LogP contribution in [0.25, 0.3) is 0 Å². The first-order valence-electron chi connectivity index (χ1n) is 10.7. The molecule has 1 N–H and O–H groups in total. The molecule has 2 aliphatic heterocycles. The number of nitrogens with zero attached hydrogens (tertiary/aromatic N) is 1. The summed E-state index contributed by atoms with van der Waals surface area (Å²) < 4.78 is 16.7. The predicted octanol–water partition coefficient (Wildman–Crippen LogP) is 2.76. The van der Waals surface area contributed by atoms with Crippen molar-refractivity contribution in [2.45, 2.75) is 44.8 Å². The second-order valence-electron chi connectivity index (χ2n) is 8.53. The summed E-state index contributed by atoms with van der Waals surface area (Å²) in [5.74, 6) is -0.532. The molecular formula is C23H27ClN2O6. The molecule has 1 fully saturated rings. The van der Waals surface area contributed by atoms with E-state index >= 15 is 0 Å². The van der Waals surface area contributed by atoms with Crippen LogP contribution in [0.15, 0.2) is 17.8 Å². The van der Waals surface area contributed by atoms with Crippen LogP contribution in [0.3, 0.4) is 0 Å². The van der Waals surface area contributed by atoms with Gasteiger partial charge in [0.1, 0.15) is 22.1 Å². The summed E-state index contributed by atoms with van der Waals surface area (Å²) in [5.41, 5.74) is -0.730. The number of likely N-dealkylation sites (tertiary alicyclic amines) is 1. The maximum Gasteiger partial charge on any atom is 0.236 e. The zero-order valence-corrected chi connectivity index (χ0v) is 19.4. The van der Waals surface area contributed by atoms with Crippen molar-refractivity contribution in [3.63, 3.8) is 0 Å². The molecule has 0 bridgehead atoms. The van der Waals surface area contributed by atoms with E-state index in [4.69, 9.17) is 25.8 Å². The number of methoxy groups -OCH3 is 2. The first-order chi connectivity index (χ1) is 15.2. The third-order valence-corrected chi connectivity index (χ3v) is 7.00. The average molecular weight is 463 g/mol. The third-order valence-electron chi connectivity index (χ3n) is 6.64. The molecule has 0 radical (unpaired) electrons. The number of ketones is 2. The summed E-state index contributed by atoms with van der Waals surface area (Å²) in [4.78, 5) is 40.2. The normalized spacial score (nSPS) is 25.3. The maximum absolute atomic E-state index is 13.5. The number of fused-ring (bicyclic) bond motifs is 1. The van der Waals surface area contributed by atoms with E-state index in [1.807, 2.05) is 11.8 Å². The Bertz CT molecular complexity index is 1010. The van der Waals surface area contributed by atoms with Crippen molar-refractivity contribution in [2.24, 2.45) is 5.92 Å². The number of hydrogen-bond acceptors (Lipinski definition) is 7. The highest BCUT2D eigenvalue weighted by Gasteiger charge is 2.60. The Hall–Kier alpha value is -2.74. The van der Waals surface area contributed by atoms with Crippen molar-refractivity contribution in [3.05, 3.63) is 28.4 Å². The van der Waals surface area contributed by atoms with E-state index in [1.165, 1.54) is 26.4 Å². The smallest absolute Gasteiger partial charge is 0.236 e. The predicted molar refractivity (Wildman–Crippen MR) is 118 cm³/mol. The van der Waals surface area contributed by atoms with Crippen molar-refractivity contribution < 1.29 is 28.6 Å². The van der Waals surface area contributed by atoms with Crippen LogP contribution in [0.2, 0.25) is 5.02 Å². The fourth-order valence-corrected chi connectivity index (χ4v) is 5.10. The molecule has 172 valence electrons. The summed E-state index contributed by atoms with van der Waals surface area (Å²) in [6, 6.07) is 1.69. The zero-order chi connectivity index (χ0) is 23.2. The number of allylic oxidation sites excluding steroid dienone is 1. The van der Waals surface area contributed by atoms with Gasteiger partial charge in [0, 0.05) is 49.8 Å². The van der Waals surface area contributed by atoms with Crippen molar-refractivity contribution >= 4 is 29.1 Å². The zero-order valence-electron chi connectivity index (χ0n) is 18.6. The Labute approximate surface area is 191 Å². The van der Waals surface area contributed by atoms with Gasteiger partial charge in [-0.2, -0.15) is 0 Å². The lowest BCUT2D eigenvalue weighted by molar-refractivity contribution is -0.130. The second kappa shape index (κ2) is 8.31. The van der Waals surface area contributed by atoms with Crippen LogP contribution in [0.5, 0.6) is 17.2 Å². The second-order valence-corrected chi connectivity index (χ2v) is 8.91. The lowest BCUT2D eigenvalue weighted by Gasteiger charge is -2.37. The van der Waals surface area contributed by atoms with Crippen LogP contribution in [0, 0.1) is 5.92 Å². The molecule has 32 heavy (non-hydrogen) atoms. The Kier molecular flexibility index (Phi) is 5.83. The molecule has 1 saturated heterocycles. The number of ether oxygens (including phenoxy) is 3. The molecule has 0 aromatic heterocycles. The van der Waals surface area contributed by atoms with Crippen molar-refractivity contribution in [1.82, 2.24) is 10.2 Å².